The van der Waals surface area contributed by atoms with E-state index in [1.54, 1.807) is 0 Å². The average Bonchev–Trinajstić information content (AvgIpc) is 2.53. The standard InChI is InChI=1S/C22H28OS/c1-6-22(5,23)19(17-12-8-7-9-13-17)16-18-14-10-11-15-20(18)24-21(2,3)4/h7-16,23H,6H2,1-5H3/b19-16-. The first-order valence-electron chi connectivity index (χ1n) is 8.51. The molecule has 0 aromatic heterocycles. The monoisotopic (exact) mass is 340 g/mol. The van der Waals surface area contributed by atoms with Crippen LogP contribution in [-0.4, -0.2) is 15.5 Å². The molecule has 0 bridgehead atoms. The smallest absolute Gasteiger partial charge is 0.0871 e. The van der Waals surface area contributed by atoms with E-state index in [0.29, 0.717) is 6.42 Å². The van der Waals surface area contributed by atoms with E-state index < -0.39 is 5.60 Å². The highest BCUT2D eigenvalue weighted by molar-refractivity contribution is 8.00. The molecule has 0 aliphatic carbocycles. The Kier molecular flexibility index (Phi) is 5.95. The van der Waals surface area contributed by atoms with Crippen LogP contribution in [-0.2, 0) is 0 Å². The van der Waals surface area contributed by atoms with Gasteiger partial charge in [0.05, 0.1) is 5.60 Å². The summed E-state index contributed by atoms with van der Waals surface area (Å²) in [4.78, 5) is 1.24. The van der Waals surface area contributed by atoms with Gasteiger partial charge in [0.25, 0.3) is 0 Å². The van der Waals surface area contributed by atoms with E-state index in [0.717, 1.165) is 16.7 Å². The van der Waals surface area contributed by atoms with Crippen molar-refractivity contribution in [1.82, 2.24) is 0 Å². The van der Waals surface area contributed by atoms with E-state index in [-0.39, 0.29) is 4.75 Å². The molecular weight excluding hydrogens is 312 g/mol. The topological polar surface area (TPSA) is 20.2 Å². The number of aliphatic hydroxyl groups is 1. The van der Waals surface area contributed by atoms with Crippen LogP contribution in [0.3, 0.4) is 0 Å². The Bertz CT molecular complexity index is 693. The summed E-state index contributed by atoms with van der Waals surface area (Å²) in [6.07, 6.45) is 2.81. The van der Waals surface area contributed by atoms with Crippen molar-refractivity contribution in [1.29, 1.82) is 0 Å². The van der Waals surface area contributed by atoms with Crippen LogP contribution in [0.2, 0.25) is 0 Å². The van der Waals surface area contributed by atoms with Crippen LogP contribution in [0.5, 0.6) is 0 Å². The van der Waals surface area contributed by atoms with Crippen molar-refractivity contribution in [3.63, 3.8) is 0 Å². The van der Waals surface area contributed by atoms with E-state index in [2.05, 4.69) is 63.2 Å². The van der Waals surface area contributed by atoms with Gasteiger partial charge in [-0.15, -0.1) is 11.8 Å². The second-order valence-corrected chi connectivity index (χ2v) is 9.17. The van der Waals surface area contributed by atoms with Crippen LogP contribution in [0.25, 0.3) is 11.6 Å². The number of benzene rings is 2. The molecule has 24 heavy (non-hydrogen) atoms. The lowest BCUT2D eigenvalue weighted by Gasteiger charge is -2.26. The van der Waals surface area contributed by atoms with Crippen molar-refractivity contribution >= 4 is 23.4 Å². The van der Waals surface area contributed by atoms with Gasteiger partial charge in [0, 0.05) is 9.64 Å². The van der Waals surface area contributed by atoms with Gasteiger partial charge in [-0.1, -0.05) is 76.2 Å². The normalized spacial score (nSPS) is 15.2. The minimum atomic E-state index is -0.860. The Morgan fingerprint density at radius 1 is 0.958 bits per heavy atom. The van der Waals surface area contributed by atoms with Crippen molar-refractivity contribution in [2.24, 2.45) is 0 Å². The van der Waals surface area contributed by atoms with Gasteiger partial charge in [-0.05, 0) is 42.2 Å². The van der Waals surface area contributed by atoms with E-state index >= 15 is 0 Å². The molecule has 2 aromatic carbocycles. The van der Waals surface area contributed by atoms with Crippen LogP contribution in [0.1, 0.15) is 52.2 Å². The highest BCUT2D eigenvalue weighted by Crippen LogP contribution is 2.37. The van der Waals surface area contributed by atoms with E-state index in [1.165, 1.54) is 4.90 Å². The Balaban J connectivity index is 2.56. The average molecular weight is 341 g/mol. The lowest BCUT2D eigenvalue weighted by Crippen LogP contribution is -2.24. The maximum Gasteiger partial charge on any atom is 0.0871 e. The Morgan fingerprint density at radius 3 is 2.12 bits per heavy atom. The lowest BCUT2D eigenvalue weighted by molar-refractivity contribution is 0.119. The summed E-state index contributed by atoms with van der Waals surface area (Å²) in [7, 11) is 0. The summed E-state index contributed by atoms with van der Waals surface area (Å²) < 4.78 is 0.143. The maximum absolute atomic E-state index is 10.9. The van der Waals surface area contributed by atoms with Crippen molar-refractivity contribution < 1.29 is 5.11 Å². The highest BCUT2D eigenvalue weighted by Gasteiger charge is 2.25. The summed E-state index contributed by atoms with van der Waals surface area (Å²) in [5.41, 5.74) is 2.33. The summed E-state index contributed by atoms with van der Waals surface area (Å²) >= 11 is 1.86. The predicted octanol–water partition coefficient (Wildman–Crippen LogP) is 6.28. The molecule has 1 unspecified atom stereocenters. The molecule has 0 spiro atoms. The zero-order valence-electron chi connectivity index (χ0n) is 15.3. The molecule has 0 aliphatic rings. The van der Waals surface area contributed by atoms with Crippen LogP contribution in [0.4, 0.5) is 0 Å². The molecule has 0 fully saturated rings. The number of hydrogen-bond donors (Lipinski definition) is 1. The molecule has 2 aromatic rings. The summed E-state index contributed by atoms with van der Waals surface area (Å²) in [6.45, 7) is 10.6. The molecule has 0 radical (unpaired) electrons. The van der Waals surface area contributed by atoms with Gasteiger partial charge in [-0.2, -0.15) is 0 Å². The highest BCUT2D eigenvalue weighted by atomic mass is 32.2. The Labute approximate surface area is 150 Å². The van der Waals surface area contributed by atoms with Crippen LogP contribution < -0.4 is 0 Å². The van der Waals surface area contributed by atoms with Crippen LogP contribution >= 0.6 is 11.8 Å². The molecule has 1 atom stereocenters. The van der Waals surface area contributed by atoms with Crippen LogP contribution in [0, 0.1) is 0 Å². The van der Waals surface area contributed by atoms with Gasteiger partial charge >= 0.3 is 0 Å². The molecule has 0 saturated heterocycles. The van der Waals surface area contributed by atoms with Crippen molar-refractivity contribution in [2.75, 3.05) is 0 Å². The first-order chi connectivity index (χ1) is 11.2. The van der Waals surface area contributed by atoms with Gasteiger partial charge < -0.3 is 5.11 Å². The molecule has 0 aliphatic heterocycles. The fourth-order valence-electron chi connectivity index (χ4n) is 2.54. The number of rotatable bonds is 5. The summed E-state index contributed by atoms with van der Waals surface area (Å²) in [5.74, 6) is 0. The third-order valence-electron chi connectivity index (χ3n) is 3.99. The first kappa shape index (κ1) is 18.8. The number of hydrogen-bond acceptors (Lipinski definition) is 2. The lowest BCUT2D eigenvalue weighted by atomic mass is 9.86. The Morgan fingerprint density at radius 2 is 1.54 bits per heavy atom. The maximum atomic E-state index is 10.9. The summed E-state index contributed by atoms with van der Waals surface area (Å²) in [5, 5.41) is 10.9. The third kappa shape index (κ3) is 4.99. The third-order valence-corrected chi connectivity index (χ3v) is 5.19. The molecular formula is C22H28OS. The molecule has 2 heteroatoms. The summed E-state index contributed by atoms with van der Waals surface area (Å²) in [6, 6.07) is 18.6. The number of thioether (sulfide) groups is 1. The minimum absolute atomic E-state index is 0.143. The van der Waals surface area contributed by atoms with Gasteiger partial charge in [0.15, 0.2) is 0 Å². The van der Waals surface area contributed by atoms with E-state index in [1.807, 2.05) is 43.8 Å². The molecule has 2 rings (SSSR count). The predicted molar refractivity (Wildman–Crippen MR) is 107 cm³/mol. The van der Waals surface area contributed by atoms with Crippen LogP contribution in [0.15, 0.2) is 59.5 Å². The van der Waals surface area contributed by atoms with Gasteiger partial charge in [-0.25, -0.2) is 0 Å². The van der Waals surface area contributed by atoms with Crippen molar-refractivity contribution in [3.8, 4) is 0 Å². The molecule has 0 saturated carbocycles. The van der Waals surface area contributed by atoms with E-state index in [4.69, 9.17) is 0 Å². The zero-order chi connectivity index (χ0) is 17.8. The first-order valence-corrected chi connectivity index (χ1v) is 9.32. The second kappa shape index (κ2) is 7.58. The Hall–Kier alpha value is -1.51. The fourth-order valence-corrected chi connectivity index (χ4v) is 3.59. The molecule has 1 nitrogen and oxygen atoms in total. The zero-order valence-corrected chi connectivity index (χ0v) is 16.2. The molecule has 0 heterocycles. The fraction of sp³-hybridized carbons (Fsp3) is 0.364. The molecule has 1 N–H and O–H groups in total. The minimum Gasteiger partial charge on any atom is -0.385 e. The van der Waals surface area contributed by atoms with Crippen molar-refractivity contribution in [2.45, 2.75) is 56.3 Å². The van der Waals surface area contributed by atoms with Gasteiger partial charge in [0.1, 0.15) is 0 Å². The SMILES string of the molecule is CCC(C)(O)/C(=C\c1ccccc1SC(C)(C)C)c1ccccc1. The van der Waals surface area contributed by atoms with Gasteiger partial charge in [-0.3, -0.25) is 0 Å². The second-order valence-electron chi connectivity index (χ2n) is 7.30. The largest absolute Gasteiger partial charge is 0.385 e. The molecule has 0 amide bonds. The van der Waals surface area contributed by atoms with E-state index in [9.17, 15) is 5.11 Å². The molecule has 128 valence electrons. The van der Waals surface area contributed by atoms with Crippen molar-refractivity contribution in [3.05, 3.63) is 65.7 Å². The quantitative estimate of drug-likeness (QED) is 0.510. The van der Waals surface area contributed by atoms with Gasteiger partial charge in [0.2, 0.25) is 0 Å².